The second kappa shape index (κ2) is 4.72. The van der Waals surface area contributed by atoms with E-state index in [-0.39, 0.29) is 13.5 Å². The van der Waals surface area contributed by atoms with Crippen LogP contribution in [-0.4, -0.2) is 7.11 Å². The van der Waals surface area contributed by atoms with Crippen molar-refractivity contribution in [2.24, 2.45) is 0 Å². The van der Waals surface area contributed by atoms with Gasteiger partial charge in [-0.3, -0.25) is 0 Å². The molecule has 1 aromatic rings. The quantitative estimate of drug-likeness (QED) is 0.688. The average Bonchev–Trinajstić information content (AvgIpc) is 2.15. The van der Waals surface area contributed by atoms with Gasteiger partial charge in [0.25, 0.3) is 6.86 Å². The lowest BCUT2D eigenvalue weighted by molar-refractivity contribution is 0.120. The Bertz CT molecular complexity index is 220. The monoisotopic (exact) mass is 169 g/mol. The van der Waals surface area contributed by atoms with E-state index in [9.17, 15) is 4.39 Å². The number of rotatable bonds is 4. The van der Waals surface area contributed by atoms with Gasteiger partial charge in [0, 0.05) is 0 Å². The van der Waals surface area contributed by atoms with Crippen LogP contribution in [0.3, 0.4) is 0 Å². The van der Waals surface area contributed by atoms with Gasteiger partial charge in [-0.25, -0.2) is 4.39 Å². The summed E-state index contributed by atoms with van der Waals surface area (Å²) in [6.07, 6.45) is 0. The van der Waals surface area contributed by atoms with Gasteiger partial charge in [-0.05, 0) is 17.7 Å². The van der Waals surface area contributed by atoms with Crippen LogP contribution in [0.1, 0.15) is 5.56 Å². The van der Waals surface area contributed by atoms with Crippen LogP contribution in [0.25, 0.3) is 0 Å². The fourth-order valence-electron chi connectivity index (χ4n) is 0.849. The molecule has 0 heterocycles. The lowest BCUT2D eigenvalue weighted by Crippen LogP contribution is -1.88. The average molecular weight is 169 g/mol. The molecule has 1 rings (SSSR count). The molecule has 0 atom stereocenters. The molecule has 0 aliphatic carbocycles. The summed E-state index contributed by atoms with van der Waals surface area (Å²) in [6, 6.07) is 7.25. The van der Waals surface area contributed by atoms with Gasteiger partial charge >= 0.3 is 0 Å². The number of hydrogen-bond donors (Lipinski definition) is 0. The van der Waals surface area contributed by atoms with Gasteiger partial charge in [0.05, 0.1) is 13.7 Å². The molecule has 0 N–H and O–H groups in total. The molecule has 0 amide bonds. The summed E-state index contributed by atoms with van der Waals surface area (Å²) >= 11 is 0. The van der Waals surface area contributed by atoms with Crippen LogP contribution in [0.5, 0.6) is 5.75 Å². The Kier molecular flexibility index (Phi) is 3.54. The van der Waals surface area contributed by atoms with E-state index in [2.05, 4.69) is 4.74 Å². The zero-order chi connectivity index (χ0) is 8.81. The highest BCUT2D eigenvalue weighted by Crippen LogP contribution is 2.11. The third-order valence-electron chi connectivity index (χ3n) is 1.47. The van der Waals surface area contributed by atoms with Crippen molar-refractivity contribution in [3.63, 3.8) is 0 Å². The zero-order valence-corrected chi connectivity index (χ0v) is 6.79. The summed E-state index contributed by atoms with van der Waals surface area (Å²) in [5, 5.41) is 0. The van der Waals surface area contributed by atoms with Crippen molar-refractivity contribution < 1.29 is 13.9 Å². The van der Waals surface area contributed by atoms with Gasteiger partial charge in [-0.15, -0.1) is 0 Å². The van der Waals surface area contributed by atoms with Crippen LogP contribution in [0.15, 0.2) is 24.3 Å². The van der Waals surface area contributed by atoms with E-state index in [1.807, 2.05) is 12.1 Å². The zero-order valence-electron chi connectivity index (χ0n) is 6.79. The summed E-state index contributed by atoms with van der Waals surface area (Å²) in [6.45, 7) is 0.435. The molecule has 0 aliphatic heterocycles. The smallest absolute Gasteiger partial charge is 0.255 e. The number of halogens is 1. The minimum Gasteiger partial charge on any atom is -0.497 e. The number of ether oxygens (including phenoxy) is 2. The highest BCUT2D eigenvalue weighted by molar-refractivity contribution is 5.26. The highest BCUT2D eigenvalue weighted by Gasteiger charge is 1.93. The molecular weight excluding hydrogens is 159 g/mol. The molecule has 1 radical (unpaired) electrons. The summed E-state index contributed by atoms with van der Waals surface area (Å²) in [4.78, 5) is 0. The first-order valence-electron chi connectivity index (χ1n) is 3.53. The van der Waals surface area contributed by atoms with E-state index in [0.29, 0.717) is 0 Å². The molecule has 0 unspecified atom stereocenters. The van der Waals surface area contributed by atoms with Crippen LogP contribution in [0, 0.1) is 6.86 Å². The van der Waals surface area contributed by atoms with Crippen molar-refractivity contribution in [3.05, 3.63) is 36.7 Å². The molecule has 0 saturated heterocycles. The van der Waals surface area contributed by atoms with E-state index >= 15 is 0 Å². The second-order valence-corrected chi connectivity index (χ2v) is 2.25. The predicted octanol–water partition coefficient (Wildman–Crippen LogP) is 2.30. The predicted molar refractivity (Wildman–Crippen MR) is 43.2 cm³/mol. The Balaban J connectivity index is 2.53. The molecule has 0 aromatic heterocycles. The molecule has 0 spiro atoms. The van der Waals surface area contributed by atoms with Gasteiger partial charge in [-0.1, -0.05) is 12.1 Å². The van der Waals surface area contributed by atoms with Crippen molar-refractivity contribution in [1.82, 2.24) is 0 Å². The van der Waals surface area contributed by atoms with Crippen molar-refractivity contribution in [2.75, 3.05) is 7.11 Å². The van der Waals surface area contributed by atoms with Gasteiger partial charge in [-0.2, -0.15) is 0 Å². The van der Waals surface area contributed by atoms with Gasteiger partial charge in [0.1, 0.15) is 5.75 Å². The number of hydrogen-bond acceptors (Lipinski definition) is 2. The molecule has 0 aliphatic rings. The van der Waals surface area contributed by atoms with Crippen molar-refractivity contribution >= 4 is 0 Å². The normalized spacial score (nSPS) is 9.83. The van der Waals surface area contributed by atoms with Crippen LogP contribution in [0.4, 0.5) is 4.39 Å². The van der Waals surface area contributed by atoms with Crippen LogP contribution in [0.2, 0.25) is 0 Å². The fraction of sp³-hybridized carbons (Fsp3) is 0.222. The molecule has 65 valence electrons. The molecule has 0 fully saturated rings. The summed E-state index contributed by atoms with van der Waals surface area (Å²) in [7, 11) is 1.60. The third kappa shape index (κ3) is 2.51. The maximum absolute atomic E-state index is 11.5. The van der Waals surface area contributed by atoms with Gasteiger partial charge in [0.15, 0.2) is 0 Å². The minimum atomic E-state index is 0.185. The molecule has 0 bridgehead atoms. The van der Waals surface area contributed by atoms with Crippen molar-refractivity contribution in [3.8, 4) is 5.75 Å². The summed E-state index contributed by atoms with van der Waals surface area (Å²) in [5.74, 6) is 0.781. The van der Waals surface area contributed by atoms with Crippen LogP contribution in [-0.2, 0) is 11.3 Å². The third-order valence-corrected chi connectivity index (χ3v) is 1.47. The standard InChI is InChI=1S/C9H10FO2/c1-11-9-4-2-8(3-5-9)6-12-7-10/h2-5,7H,6H2,1H3. The largest absolute Gasteiger partial charge is 0.497 e. The molecule has 12 heavy (non-hydrogen) atoms. The molecule has 0 saturated carbocycles. The second-order valence-electron chi connectivity index (χ2n) is 2.25. The molecule has 2 nitrogen and oxygen atoms in total. The molecular formula is C9H10FO2. The Hall–Kier alpha value is -1.09. The van der Waals surface area contributed by atoms with Gasteiger partial charge < -0.3 is 9.47 Å². The number of methoxy groups -OCH3 is 1. The summed E-state index contributed by atoms with van der Waals surface area (Å²) < 4.78 is 20.9. The van der Waals surface area contributed by atoms with E-state index < -0.39 is 0 Å². The topological polar surface area (TPSA) is 18.5 Å². The fourth-order valence-corrected chi connectivity index (χ4v) is 0.849. The van der Waals surface area contributed by atoms with E-state index in [1.165, 1.54) is 0 Å². The maximum Gasteiger partial charge on any atom is 0.255 e. The van der Waals surface area contributed by atoms with Crippen LogP contribution >= 0.6 is 0 Å². The Labute approximate surface area is 70.9 Å². The van der Waals surface area contributed by atoms with E-state index in [4.69, 9.17) is 4.74 Å². The lowest BCUT2D eigenvalue weighted by atomic mass is 10.2. The molecule has 1 aromatic carbocycles. The van der Waals surface area contributed by atoms with Crippen molar-refractivity contribution in [1.29, 1.82) is 0 Å². The Morgan fingerprint density at radius 1 is 1.33 bits per heavy atom. The molecule has 3 heteroatoms. The highest BCUT2D eigenvalue weighted by atomic mass is 19.1. The van der Waals surface area contributed by atoms with Gasteiger partial charge in [0.2, 0.25) is 0 Å². The SMILES string of the molecule is COc1ccc(CO[CH]F)cc1. The van der Waals surface area contributed by atoms with Crippen LogP contribution < -0.4 is 4.74 Å². The van der Waals surface area contributed by atoms with Crippen molar-refractivity contribution in [2.45, 2.75) is 6.61 Å². The first-order chi connectivity index (χ1) is 5.86. The maximum atomic E-state index is 11.5. The Morgan fingerprint density at radius 3 is 2.50 bits per heavy atom. The van der Waals surface area contributed by atoms with E-state index in [0.717, 1.165) is 11.3 Å². The summed E-state index contributed by atoms with van der Waals surface area (Å²) in [5.41, 5.74) is 0.907. The lowest BCUT2D eigenvalue weighted by Gasteiger charge is -2.01. The number of benzene rings is 1. The Morgan fingerprint density at radius 2 is 2.00 bits per heavy atom. The minimum absolute atomic E-state index is 0.185. The first kappa shape index (κ1) is 9.00. The first-order valence-corrected chi connectivity index (χ1v) is 3.53. The van der Waals surface area contributed by atoms with E-state index in [1.54, 1.807) is 19.2 Å².